The summed E-state index contributed by atoms with van der Waals surface area (Å²) in [5, 5.41) is 9.00. The number of allylic oxidation sites excluding steroid dienone is 1. The SMILES string of the molecule is O=C(O)c1cccc(-c2ccc3c(c2)C=CC3)c1. The lowest BCUT2D eigenvalue weighted by atomic mass is 9.99. The molecule has 0 saturated heterocycles. The maximum absolute atomic E-state index is 11.0. The fourth-order valence-electron chi connectivity index (χ4n) is 2.26. The molecule has 0 radical (unpaired) electrons. The number of aromatic carboxylic acids is 1. The molecule has 3 rings (SSSR count). The molecule has 0 aliphatic heterocycles. The Kier molecular flexibility index (Phi) is 2.49. The van der Waals surface area contributed by atoms with Gasteiger partial charge in [0.2, 0.25) is 0 Å². The number of hydrogen-bond donors (Lipinski definition) is 1. The Morgan fingerprint density at radius 2 is 1.89 bits per heavy atom. The van der Waals surface area contributed by atoms with Crippen molar-refractivity contribution in [3.05, 3.63) is 65.2 Å². The fourth-order valence-corrected chi connectivity index (χ4v) is 2.26. The zero-order valence-corrected chi connectivity index (χ0v) is 9.76. The van der Waals surface area contributed by atoms with E-state index >= 15 is 0 Å². The fraction of sp³-hybridized carbons (Fsp3) is 0.0625. The zero-order valence-electron chi connectivity index (χ0n) is 9.76. The second kappa shape index (κ2) is 4.15. The zero-order chi connectivity index (χ0) is 12.5. The van der Waals surface area contributed by atoms with Crippen LogP contribution in [0.15, 0.2) is 48.5 Å². The van der Waals surface area contributed by atoms with Crippen LogP contribution in [0.5, 0.6) is 0 Å². The molecule has 0 heterocycles. The first-order chi connectivity index (χ1) is 8.74. The third-order valence-corrected chi connectivity index (χ3v) is 3.22. The maximum atomic E-state index is 11.0. The quantitative estimate of drug-likeness (QED) is 0.864. The minimum Gasteiger partial charge on any atom is -0.478 e. The van der Waals surface area contributed by atoms with Crippen molar-refractivity contribution in [1.82, 2.24) is 0 Å². The molecule has 0 amide bonds. The maximum Gasteiger partial charge on any atom is 0.335 e. The normalized spacial score (nSPS) is 12.4. The van der Waals surface area contributed by atoms with Gasteiger partial charge in [-0.05, 0) is 46.9 Å². The van der Waals surface area contributed by atoms with Crippen molar-refractivity contribution < 1.29 is 9.90 Å². The van der Waals surface area contributed by atoms with E-state index in [-0.39, 0.29) is 0 Å². The van der Waals surface area contributed by atoms with E-state index in [1.165, 1.54) is 11.1 Å². The Labute approximate surface area is 105 Å². The molecule has 0 unspecified atom stereocenters. The Bertz CT molecular complexity index is 654. The van der Waals surface area contributed by atoms with Gasteiger partial charge in [0, 0.05) is 0 Å². The van der Waals surface area contributed by atoms with Gasteiger partial charge in [0.25, 0.3) is 0 Å². The molecular formula is C16H12O2. The van der Waals surface area contributed by atoms with E-state index in [2.05, 4.69) is 24.3 Å². The van der Waals surface area contributed by atoms with Gasteiger partial charge in [0.1, 0.15) is 0 Å². The van der Waals surface area contributed by atoms with Crippen LogP contribution in [-0.4, -0.2) is 11.1 Å². The Hall–Kier alpha value is -2.35. The summed E-state index contributed by atoms with van der Waals surface area (Å²) in [6.07, 6.45) is 5.24. The number of carboxylic acids is 1. The summed E-state index contributed by atoms with van der Waals surface area (Å²) in [7, 11) is 0. The molecule has 0 fully saturated rings. The molecule has 1 N–H and O–H groups in total. The summed E-state index contributed by atoms with van der Waals surface area (Å²) in [5.74, 6) is -0.891. The lowest BCUT2D eigenvalue weighted by Crippen LogP contribution is -1.95. The average Bonchev–Trinajstić information content (AvgIpc) is 2.86. The molecule has 2 aromatic rings. The van der Waals surface area contributed by atoms with E-state index in [1.807, 2.05) is 12.1 Å². The van der Waals surface area contributed by atoms with Gasteiger partial charge in [-0.15, -0.1) is 0 Å². The molecular weight excluding hydrogens is 224 g/mol. The highest BCUT2D eigenvalue weighted by Crippen LogP contribution is 2.27. The van der Waals surface area contributed by atoms with Gasteiger partial charge in [-0.2, -0.15) is 0 Å². The summed E-state index contributed by atoms with van der Waals surface area (Å²) in [6, 6.07) is 13.3. The monoisotopic (exact) mass is 236 g/mol. The first-order valence-electron chi connectivity index (χ1n) is 5.87. The van der Waals surface area contributed by atoms with Crippen LogP contribution in [0, 0.1) is 0 Å². The van der Waals surface area contributed by atoms with Gasteiger partial charge in [-0.1, -0.05) is 36.4 Å². The summed E-state index contributed by atoms with van der Waals surface area (Å²) in [6.45, 7) is 0. The Morgan fingerprint density at radius 1 is 1.06 bits per heavy atom. The van der Waals surface area contributed by atoms with Gasteiger partial charge in [-0.3, -0.25) is 0 Å². The number of rotatable bonds is 2. The Morgan fingerprint density at radius 3 is 2.72 bits per heavy atom. The lowest BCUT2D eigenvalue weighted by Gasteiger charge is -2.06. The number of fused-ring (bicyclic) bond motifs is 1. The van der Waals surface area contributed by atoms with Crippen LogP contribution in [-0.2, 0) is 6.42 Å². The van der Waals surface area contributed by atoms with E-state index in [9.17, 15) is 4.79 Å². The molecule has 0 atom stereocenters. The minimum atomic E-state index is -0.891. The highest BCUT2D eigenvalue weighted by molar-refractivity contribution is 5.89. The van der Waals surface area contributed by atoms with Crippen molar-refractivity contribution >= 4 is 12.0 Å². The third kappa shape index (κ3) is 1.82. The van der Waals surface area contributed by atoms with Crippen molar-refractivity contribution in [2.75, 3.05) is 0 Å². The second-order valence-electron chi connectivity index (χ2n) is 4.41. The van der Waals surface area contributed by atoms with Crippen LogP contribution >= 0.6 is 0 Å². The van der Waals surface area contributed by atoms with Crippen molar-refractivity contribution in [1.29, 1.82) is 0 Å². The minimum absolute atomic E-state index is 0.323. The summed E-state index contributed by atoms with van der Waals surface area (Å²) < 4.78 is 0. The van der Waals surface area contributed by atoms with Crippen LogP contribution < -0.4 is 0 Å². The van der Waals surface area contributed by atoms with Crippen LogP contribution in [0.1, 0.15) is 21.5 Å². The van der Waals surface area contributed by atoms with E-state index in [0.717, 1.165) is 17.5 Å². The van der Waals surface area contributed by atoms with Crippen LogP contribution in [0.25, 0.3) is 17.2 Å². The van der Waals surface area contributed by atoms with Gasteiger partial charge in [0.15, 0.2) is 0 Å². The number of carboxylic acid groups (broad SMARTS) is 1. The largest absolute Gasteiger partial charge is 0.478 e. The first-order valence-corrected chi connectivity index (χ1v) is 5.87. The lowest BCUT2D eigenvalue weighted by molar-refractivity contribution is 0.0697. The molecule has 0 spiro atoms. The topological polar surface area (TPSA) is 37.3 Å². The molecule has 1 aliphatic rings. The van der Waals surface area contributed by atoms with Gasteiger partial charge < -0.3 is 5.11 Å². The van der Waals surface area contributed by atoms with Crippen LogP contribution in [0.4, 0.5) is 0 Å². The average molecular weight is 236 g/mol. The molecule has 88 valence electrons. The molecule has 1 aliphatic carbocycles. The molecule has 0 saturated carbocycles. The third-order valence-electron chi connectivity index (χ3n) is 3.22. The number of benzene rings is 2. The predicted octanol–water partition coefficient (Wildman–Crippen LogP) is 3.62. The van der Waals surface area contributed by atoms with Crippen molar-refractivity contribution in [3.63, 3.8) is 0 Å². The van der Waals surface area contributed by atoms with Gasteiger partial charge in [0.05, 0.1) is 5.56 Å². The van der Waals surface area contributed by atoms with Gasteiger partial charge in [-0.25, -0.2) is 4.79 Å². The molecule has 18 heavy (non-hydrogen) atoms. The number of hydrogen-bond acceptors (Lipinski definition) is 1. The van der Waals surface area contributed by atoms with Crippen LogP contribution in [0.2, 0.25) is 0 Å². The van der Waals surface area contributed by atoms with Gasteiger partial charge >= 0.3 is 5.97 Å². The van der Waals surface area contributed by atoms with Crippen molar-refractivity contribution in [2.24, 2.45) is 0 Å². The van der Waals surface area contributed by atoms with Crippen LogP contribution in [0.3, 0.4) is 0 Å². The Balaban J connectivity index is 2.07. The van der Waals surface area contributed by atoms with E-state index < -0.39 is 5.97 Å². The molecule has 2 heteroatoms. The predicted molar refractivity (Wildman–Crippen MR) is 71.6 cm³/mol. The van der Waals surface area contributed by atoms with Crippen molar-refractivity contribution in [2.45, 2.75) is 6.42 Å². The molecule has 2 nitrogen and oxygen atoms in total. The standard InChI is InChI=1S/C16H12O2/c17-16(18)15-6-2-5-13(10-15)14-8-7-11-3-1-4-12(11)9-14/h1-2,4-10H,3H2,(H,17,18). The highest BCUT2D eigenvalue weighted by atomic mass is 16.4. The second-order valence-corrected chi connectivity index (χ2v) is 4.41. The summed E-state index contributed by atoms with van der Waals surface area (Å²) in [5.41, 5.74) is 4.88. The summed E-state index contributed by atoms with van der Waals surface area (Å²) >= 11 is 0. The highest BCUT2D eigenvalue weighted by Gasteiger charge is 2.08. The van der Waals surface area contributed by atoms with Crippen molar-refractivity contribution in [3.8, 4) is 11.1 Å². The summed E-state index contributed by atoms with van der Waals surface area (Å²) in [4.78, 5) is 11.0. The molecule has 0 bridgehead atoms. The number of carbonyl (C=O) groups is 1. The first kappa shape index (κ1) is 10.8. The molecule has 0 aromatic heterocycles. The molecule has 2 aromatic carbocycles. The smallest absolute Gasteiger partial charge is 0.335 e. The van der Waals surface area contributed by atoms with E-state index in [4.69, 9.17) is 5.11 Å². The van der Waals surface area contributed by atoms with E-state index in [1.54, 1.807) is 18.2 Å². The van der Waals surface area contributed by atoms with E-state index in [0.29, 0.717) is 5.56 Å².